The van der Waals surface area contributed by atoms with Crippen molar-refractivity contribution < 1.29 is 56.6 Å². The molecule has 0 radical (unpaired) electrons. The largest absolute Gasteiger partial charge is 2.00 e. The molecule has 0 spiro atoms. The van der Waals surface area contributed by atoms with Gasteiger partial charge >= 0.3 is 39.2 Å². The first-order chi connectivity index (χ1) is 17.1. The molecule has 0 aromatic heterocycles. The molecular weight excluding hydrogens is 613 g/mol. The van der Waals surface area contributed by atoms with Crippen molar-refractivity contribution in [3.63, 3.8) is 0 Å². The van der Waals surface area contributed by atoms with Crippen molar-refractivity contribution in [2.24, 2.45) is 9.98 Å². The summed E-state index contributed by atoms with van der Waals surface area (Å²) in [5.74, 6) is -1.72. The van der Waals surface area contributed by atoms with Crippen LogP contribution in [0.4, 0.5) is 11.4 Å². The van der Waals surface area contributed by atoms with E-state index in [2.05, 4.69) is 9.98 Å². The third-order valence-corrected chi connectivity index (χ3v) is 4.67. The average Bonchev–Trinajstić information content (AvgIpc) is 2.81. The normalized spacial score (nSPS) is 12.5. The van der Waals surface area contributed by atoms with Gasteiger partial charge in [0.2, 0.25) is 0 Å². The molecule has 0 amide bonds. The van der Waals surface area contributed by atoms with Crippen molar-refractivity contribution in [2.75, 3.05) is 13.2 Å². The molecule has 2 aromatic rings. The van der Waals surface area contributed by atoms with Crippen LogP contribution in [0.5, 0.6) is 0 Å². The monoisotopic (exact) mass is 642 g/mol. The molecule has 0 aliphatic heterocycles. The molecule has 37 heavy (non-hydrogen) atoms. The molecule has 0 fully saturated rings. The first-order valence-corrected chi connectivity index (χ1v) is 11.7. The zero-order chi connectivity index (χ0) is 27.1. The fourth-order valence-corrected chi connectivity index (χ4v) is 3.21. The van der Waals surface area contributed by atoms with E-state index in [9.17, 15) is 19.8 Å². The summed E-state index contributed by atoms with van der Waals surface area (Å²) in [5.41, 5.74) is 1.09. The summed E-state index contributed by atoms with van der Waals surface area (Å²) < 4.78 is 9.64. The summed E-state index contributed by atoms with van der Waals surface area (Å²) in [6.45, 7) is 6.53. The Morgan fingerprint density at radius 3 is 1.24 bits per heavy atom. The number of aliphatic hydroxyl groups excluding tert-OH is 2. The number of ether oxygens (including phenoxy) is 2. The third-order valence-electron chi connectivity index (χ3n) is 4.08. The molecule has 2 aromatic carbocycles. The number of esters is 2. The summed E-state index contributed by atoms with van der Waals surface area (Å²) in [6.07, 6.45) is 0. The van der Waals surface area contributed by atoms with E-state index in [1.54, 1.807) is 62.4 Å². The first-order valence-electron chi connectivity index (χ1n) is 10.9. The van der Waals surface area contributed by atoms with Crippen molar-refractivity contribution >= 4 is 58.7 Å². The van der Waals surface area contributed by atoms with Crippen LogP contribution >= 0.6 is 0 Å². The van der Waals surface area contributed by atoms with E-state index in [4.69, 9.17) is 34.7 Å². The molecule has 0 unspecified atom stereocenters. The summed E-state index contributed by atoms with van der Waals surface area (Å²) >= 11 is 10.1. The number of aliphatic hydroxyl groups is 2. The van der Waals surface area contributed by atoms with Crippen molar-refractivity contribution in [3.8, 4) is 0 Å². The van der Waals surface area contributed by atoms with E-state index in [0.29, 0.717) is 11.4 Å². The molecule has 0 heterocycles. The predicted molar refractivity (Wildman–Crippen MR) is 146 cm³/mol. The fourth-order valence-electron chi connectivity index (χ4n) is 2.54. The van der Waals surface area contributed by atoms with Gasteiger partial charge in [0.15, 0.2) is 0 Å². The molecule has 2 N–H and O–H groups in total. The molecular formula is C26H28CdN2O6S2. The minimum Gasteiger partial charge on any atom is -0.759 e. The molecule has 0 atom stereocenters. The number of hydrogen-bond acceptors (Lipinski definition) is 10. The summed E-state index contributed by atoms with van der Waals surface area (Å²) in [7, 11) is 0. The first kappa shape index (κ1) is 34.2. The van der Waals surface area contributed by atoms with Gasteiger partial charge in [-0.25, -0.2) is 9.59 Å². The fraction of sp³-hybridized carbons (Fsp3) is 0.231. The van der Waals surface area contributed by atoms with Crippen LogP contribution in [0, 0.1) is 0 Å². The smallest absolute Gasteiger partial charge is 0.759 e. The van der Waals surface area contributed by atoms with Crippen LogP contribution in [0.3, 0.4) is 0 Å². The zero-order valence-electron chi connectivity index (χ0n) is 21.1. The summed E-state index contributed by atoms with van der Waals surface area (Å²) in [4.78, 5) is 31.5. The van der Waals surface area contributed by atoms with Gasteiger partial charge in [-0.3, -0.25) is 9.98 Å². The molecule has 0 aliphatic rings. The van der Waals surface area contributed by atoms with Gasteiger partial charge in [0.1, 0.15) is 11.5 Å². The predicted octanol–water partition coefficient (Wildman–Crippen LogP) is 5.31. The molecule has 0 bridgehead atoms. The van der Waals surface area contributed by atoms with Gasteiger partial charge in [-0.05, 0) is 52.0 Å². The van der Waals surface area contributed by atoms with E-state index in [1.165, 1.54) is 13.8 Å². The SMILES string of the molecule is CCOC(=O)/C(C([S-])=Nc1ccccc1)=C(\C)O.CCOC(=O)/C(C([S-])=Nc1ccccc1)=C(\C)O.[Cd+2]. The topological polar surface area (TPSA) is 118 Å². The van der Waals surface area contributed by atoms with Gasteiger partial charge in [0.05, 0.1) is 35.7 Å². The molecule has 11 heteroatoms. The molecule has 0 aliphatic carbocycles. The van der Waals surface area contributed by atoms with Crippen LogP contribution in [-0.4, -0.2) is 45.5 Å². The Balaban J connectivity index is 0.000000682. The minimum absolute atomic E-state index is 0. The molecule has 0 saturated heterocycles. The second kappa shape index (κ2) is 18.4. The van der Waals surface area contributed by atoms with Crippen molar-refractivity contribution in [1.29, 1.82) is 0 Å². The van der Waals surface area contributed by atoms with E-state index >= 15 is 0 Å². The number of hydrogen-bond donors (Lipinski definition) is 2. The van der Waals surface area contributed by atoms with Gasteiger partial charge in [-0.15, -0.1) is 0 Å². The van der Waals surface area contributed by atoms with Crippen molar-refractivity contribution in [1.82, 2.24) is 0 Å². The minimum atomic E-state index is -0.665. The van der Waals surface area contributed by atoms with Crippen LogP contribution in [0.15, 0.2) is 93.3 Å². The van der Waals surface area contributed by atoms with Crippen molar-refractivity contribution in [3.05, 3.63) is 83.3 Å². The standard InChI is InChI=1S/2C13H15NO3S.Cd/c2*1-3-17-13(16)11(9(2)15)12(18)14-10-7-5-4-6-8-10;/h2*4-8,15H,3H2,1-2H3,(H,14,18);/q;;+2/p-2/b2*11-9+;. The summed E-state index contributed by atoms with van der Waals surface area (Å²) in [6, 6.07) is 17.9. The second-order valence-corrected chi connectivity index (χ2v) is 7.64. The quantitative estimate of drug-likeness (QED) is 0.0758. The van der Waals surface area contributed by atoms with Crippen LogP contribution in [0.25, 0.3) is 0 Å². The number of para-hydroxylation sites is 2. The Morgan fingerprint density at radius 1 is 0.703 bits per heavy atom. The Hall–Kier alpha value is -2.84. The van der Waals surface area contributed by atoms with E-state index < -0.39 is 11.9 Å². The molecule has 192 valence electrons. The van der Waals surface area contributed by atoms with Gasteiger partial charge in [0, 0.05) is 0 Å². The Labute approximate surface area is 248 Å². The summed E-state index contributed by atoms with van der Waals surface area (Å²) in [5, 5.41) is 19.0. The second-order valence-electron chi connectivity index (χ2n) is 6.87. The van der Waals surface area contributed by atoms with E-state index in [0.717, 1.165) is 0 Å². The number of benzene rings is 2. The maximum atomic E-state index is 11.6. The Morgan fingerprint density at radius 2 is 1.00 bits per heavy atom. The van der Waals surface area contributed by atoms with Crippen LogP contribution in [0.2, 0.25) is 0 Å². The maximum Gasteiger partial charge on any atom is 2.00 e. The van der Waals surface area contributed by atoms with Gasteiger partial charge in [0.25, 0.3) is 0 Å². The number of rotatable bonds is 8. The van der Waals surface area contributed by atoms with Crippen LogP contribution in [0.1, 0.15) is 27.7 Å². The average molecular weight is 641 g/mol. The van der Waals surface area contributed by atoms with Crippen molar-refractivity contribution in [2.45, 2.75) is 27.7 Å². The number of nitrogens with zero attached hydrogens (tertiary/aromatic N) is 2. The molecule has 0 saturated carbocycles. The Bertz CT molecular complexity index is 1050. The molecule has 2 rings (SSSR count). The zero-order valence-corrected chi connectivity index (χ0v) is 26.8. The third kappa shape index (κ3) is 12.3. The number of carbonyl (C=O) groups is 2. The number of carbonyl (C=O) groups excluding carboxylic acids is 2. The Kier molecular flexibility index (Phi) is 17.0. The van der Waals surface area contributed by atoms with Gasteiger partial charge in [-0.1, -0.05) is 46.5 Å². The van der Waals surface area contributed by atoms with Crippen LogP contribution < -0.4 is 0 Å². The van der Waals surface area contributed by atoms with Crippen LogP contribution in [-0.2, 0) is 71.6 Å². The number of allylic oxidation sites excluding steroid dienone is 2. The maximum absolute atomic E-state index is 11.6. The van der Waals surface area contributed by atoms with Gasteiger partial charge < -0.3 is 44.9 Å². The number of aliphatic imine (C=N–C) groups is 2. The van der Waals surface area contributed by atoms with E-state index in [-0.39, 0.29) is 73.3 Å². The van der Waals surface area contributed by atoms with Gasteiger partial charge in [-0.2, -0.15) is 0 Å². The van der Waals surface area contributed by atoms with E-state index in [1.807, 2.05) is 12.1 Å². The molecule has 8 nitrogen and oxygen atoms in total.